The van der Waals surface area contributed by atoms with Crippen LogP contribution in [-0.4, -0.2) is 10.9 Å². The fraction of sp³-hybridized carbons (Fsp3) is 0. The highest BCUT2D eigenvalue weighted by atomic mass is 32.1. The molecule has 0 aliphatic carbocycles. The number of anilines is 1. The molecule has 0 aliphatic heterocycles. The molecule has 2 aromatic heterocycles. The van der Waals surface area contributed by atoms with Crippen molar-refractivity contribution >= 4 is 22.9 Å². The number of aromatic nitrogens is 1. The molecule has 4 nitrogen and oxygen atoms in total. The largest absolute Gasteiger partial charge is 0.437 e. The maximum Gasteiger partial charge on any atom is 0.265 e. The smallest absolute Gasteiger partial charge is 0.265 e. The molecule has 1 amide bonds. The van der Waals surface area contributed by atoms with Crippen LogP contribution in [0, 0.1) is 0 Å². The highest BCUT2D eigenvalue weighted by Gasteiger charge is 2.11. The van der Waals surface area contributed by atoms with Crippen molar-refractivity contribution in [2.24, 2.45) is 0 Å². The third kappa shape index (κ3) is 3.27. The summed E-state index contributed by atoms with van der Waals surface area (Å²) in [5, 5.41) is 4.68. The minimum Gasteiger partial charge on any atom is -0.437 e. The number of benzene rings is 1. The summed E-state index contributed by atoms with van der Waals surface area (Å²) >= 11 is 1.39. The topological polar surface area (TPSA) is 51.2 Å². The summed E-state index contributed by atoms with van der Waals surface area (Å²) < 4.78 is 5.71. The summed E-state index contributed by atoms with van der Waals surface area (Å²) in [5.41, 5.74) is 0.541. The van der Waals surface area contributed by atoms with Crippen LogP contribution >= 0.6 is 11.3 Å². The van der Waals surface area contributed by atoms with Crippen molar-refractivity contribution in [3.63, 3.8) is 0 Å². The van der Waals surface area contributed by atoms with E-state index in [1.165, 1.54) is 11.3 Å². The Bertz CT molecular complexity index is 727. The monoisotopic (exact) mass is 296 g/mol. The third-order valence-corrected chi connectivity index (χ3v) is 3.59. The fourth-order valence-corrected chi connectivity index (χ4v) is 2.38. The Hall–Kier alpha value is -2.66. The number of amides is 1. The normalized spacial score (nSPS) is 10.1. The van der Waals surface area contributed by atoms with E-state index in [1.54, 1.807) is 24.4 Å². The summed E-state index contributed by atoms with van der Waals surface area (Å²) in [5.74, 6) is 0.868. The Balaban J connectivity index is 1.81. The van der Waals surface area contributed by atoms with E-state index in [0.717, 1.165) is 0 Å². The number of hydrogen-bond acceptors (Lipinski definition) is 4. The van der Waals surface area contributed by atoms with Gasteiger partial charge in [-0.2, -0.15) is 0 Å². The van der Waals surface area contributed by atoms with Crippen LogP contribution in [0.1, 0.15) is 9.67 Å². The Kier molecular flexibility index (Phi) is 3.93. The van der Waals surface area contributed by atoms with Crippen LogP contribution in [0.2, 0.25) is 0 Å². The zero-order valence-electron chi connectivity index (χ0n) is 11.0. The van der Waals surface area contributed by atoms with Crippen LogP contribution in [-0.2, 0) is 0 Å². The summed E-state index contributed by atoms with van der Waals surface area (Å²) in [6.07, 6.45) is 1.62. The van der Waals surface area contributed by atoms with Crippen molar-refractivity contribution < 1.29 is 9.53 Å². The van der Waals surface area contributed by atoms with Gasteiger partial charge >= 0.3 is 0 Å². The van der Waals surface area contributed by atoms with Crippen LogP contribution in [0.25, 0.3) is 0 Å². The summed E-state index contributed by atoms with van der Waals surface area (Å²) in [4.78, 5) is 16.9. The van der Waals surface area contributed by atoms with Crippen molar-refractivity contribution in [3.8, 4) is 11.6 Å². The van der Waals surface area contributed by atoms with Gasteiger partial charge in [0.15, 0.2) is 0 Å². The minimum absolute atomic E-state index is 0.170. The average Bonchev–Trinajstić information content (AvgIpc) is 3.05. The van der Waals surface area contributed by atoms with Gasteiger partial charge in [-0.05, 0) is 35.7 Å². The van der Waals surface area contributed by atoms with Gasteiger partial charge in [-0.3, -0.25) is 4.79 Å². The molecule has 0 fully saturated rings. The number of nitrogens with one attached hydrogen (secondary N) is 1. The lowest BCUT2D eigenvalue weighted by Crippen LogP contribution is -2.11. The number of carbonyl (C=O) groups is 1. The number of para-hydroxylation sites is 1. The molecular formula is C16H12N2O2S. The van der Waals surface area contributed by atoms with Gasteiger partial charge in [0.1, 0.15) is 11.4 Å². The van der Waals surface area contributed by atoms with Gasteiger partial charge in [0.25, 0.3) is 5.91 Å². The third-order valence-electron chi connectivity index (χ3n) is 2.72. The summed E-state index contributed by atoms with van der Waals surface area (Å²) in [6, 6.07) is 16.4. The van der Waals surface area contributed by atoms with E-state index >= 15 is 0 Å². The number of pyridine rings is 1. The first-order chi connectivity index (χ1) is 10.3. The van der Waals surface area contributed by atoms with Crippen molar-refractivity contribution in [1.29, 1.82) is 0 Å². The molecule has 0 unspecified atom stereocenters. The second-order valence-corrected chi connectivity index (χ2v) is 5.15. The first-order valence-corrected chi connectivity index (χ1v) is 7.24. The van der Waals surface area contributed by atoms with E-state index in [9.17, 15) is 4.79 Å². The van der Waals surface area contributed by atoms with Gasteiger partial charge < -0.3 is 10.1 Å². The molecule has 1 aromatic carbocycles. The Labute approximate surface area is 126 Å². The molecule has 5 heteroatoms. The second kappa shape index (κ2) is 6.19. The van der Waals surface area contributed by atoms with E-state index in [0.29, 0.717) is 22.2 Å². The van der Waals surface area contributed by atoms with Crippen LogP contribution in [0.15, 0.2) is 66.2 Å². The zero-order valence-corrected chi connectivity index (χ0v) is 11.8. The van der Waals surface area contributed by atoms with Crippen molar-refractivity contribution in [2.75, 3.05) is 5.32 Å². The number of nitrogens with zero attached hydrogens (tertiary/aromatic N) is 1. The lowest BCUT2D eigenvalue weighted by atomic mass is 10.3. The lowest BCUT2D eigenvalue weighted by molar-refractivity contribution is 0.103. The molecule has 0 atom stereocenters. The van der Waals surface area contributed by atoms with E-state index < -0.39 is 0 Å². The lowest BCUT2D eigenvalue weighted by Gasteiger charge is -2.10. The Morgan fingerprint density at radius 1 is 1.05 bits per heavy atom. The van der Waals surface area contributed by atoms with Crippen LogP contribution in [0.3, 0.4) is 0 Å². The highest BCUT2D eigenvalue weighted by Crippen LogP contribution is 2.27. The highest BCUT2D eigenvalue weighted by molar-refractivity contribution is 7.12. The van der Waals surface area contributed by atoms with E-state index in [4.69, 9.17) is 4.74 Å². The number of rotatable bonds is 4. The van der Waals surface area contributed by atoms with Crippen LogP contribution in [0.4, 0.5) is 5.69 Å². The van der Waals surface area contributed by atoms with Gasteiger partial charge in [0.2, 0.25) is 5.88 Å². The van der Waals surface area contributed by atoms with E-state index in [1.807, 2.05) is 41.8 Å². The molecule has 21 heavy (non-hydrogen) atoms. The number of ether oxygens (including phenoxy) is 1. The zero-order chi connectivity index (χ0) is 14.5. The molecule has 0 aliphatic rings. The molecule has 2 heterocycles. The molecule has 0 spiro atoms. The van der Waals surface area contributed by atoms with Crippen LogP contribution < -0.4 is 10.1 Å². The van der Waals surface area contributed by atoms with Crippen molar-refractivity contribution in [1.82, 2.24) is 4.98 Å². The maximum absolute atomic E-state index is 12.1. The minimum atomic E-state index is -0.170. The summed E-state index contributed by atoms with van der Waals surface area (Å²) in [7, 11) is 0. The van der Waals surface area contributed by atoms with Crippen LogP contribution in [0.5, 0.6) is 11.6 Å². The molecule has 3 aromatic rings. The number of carbonyl (C=O) groups excluding carboxylic acids is 1. The number of thiophene rings is 1. The molecule has 3 rings (SSSR count). The fourth-order valence-electron chi connectivity index (χ4n) is 1.76. The average molecular weight is 296 g/mol. The van der Waals surface area contributed by atoms with E-state index in [-0.39, 0.29) is 5.91 Å². The Morgan fingerprint density at radius 3 is 2.67 bits per heavy atom. The van der Waals surface area contributed by atoms with Crippen molar-refractivity contribution in [3.05, 3.63) is 71.1 Å². The molecule has 0 saturated carbocycles. The van der Waals surface area contributed by atoms with Gasteiger partial charge in [-0.1, -0.05) is 24.3 Å². The molecular weight excluding hydrogens is 284 g/mol. The predicted octanol–water partition coefficient (Wildman–Crippen LogP) is 4.19. The summed E-state index contributed by atoms with van der Waals surface area (Å²) in [6.45, 7) is 0. The molecule has 104 valence electrons. The quantitative estimate of drug-likeness (QED) is 0.785. The van der Waals surface area contributed by atoms with Gasteiger partial charge in [0, 0.05) is 6.20 Å². The first-order valence-electron chi connectivity index (χ1n) is 6.36. The van der Waals surface area contributed by atoms with E-state index in [2.05, 4.69) is 10.3 Å². The van der Waals surface area contributed by atoms with Crippen molar-refractivity contribution in [2.45, 2.75) is 0 Å². The maximum atomic E-state index is 12.1. The number of hydrogen-bond donors (Lipinski definition) is 1. The molecule has 0 radical (unpaired) electrons. The molecule has 0 bridgehead atoms. The molecule has 1 N–H and O–H groups in total. The Morgan fingerprint density at radius 2 is 1.90 bits per heavy atom. The molecule has 0 saturated heterocycles. The predicted molar refractivity (Wildman–Crippen MR) is 83.0 cm³/mol. The first kappa shape index (κ1) is 13.3. The van der Waals surface area contributed by atoms with Gasteiger partial charge in [0.05, 0.1) is 4.88 Å². The standard InChI is InChI=1S/C16H12N2O2S/c19-15(14-9-5-11-21-14)18-13-8-4-10-17-16(13)20-12-6-2-1-3-7-12/h1-11H,(H,18,19). The SMILES string of the molecule is O=C(Nc1cccnc1Oc1ccccc1)c1cccs1. The second-order valence-electron chi connectivity index (χ2n) is 4.20. The van der Waals surface area contributed by atoms with Gasteiger partial charge in [-0.25, -0.2) is 4.98 Å². The van der Waals surface area contributed by atoms with Gasteiger partial charge in [-0.15, -0.1) is 11.3 Å².